The van der Waals surface area contributed by atoms with Gasteiger partial charge in [0.1, 0.15) is 5.75 Å². The monoisotopic (exact) mass is 245 g/mol. The third kappa shape index (κ3) is 2.55. The van der Waals surface area contributed by atoms with Gasteiger partial charge in [0.2, 0.25) is 0 Å². The average molecular weight is 245 g/mol. The second-order valence-electron chi connectivity index (χ2n) is 4.60. The maximum absolute atomic E-state index is 11.9. The van der Waals surface area contributed by atoms with Crippen LogP contribution < -0.4 is 5.56 Å². The Bertz CT molecular complexity index is 587. The number of pyridine rings is 1. The molecule has 3 nitrogen and oxygen atoms in total. The van der Waals surface area contributed by atoms with Gasteiger partial charge in [-0.3, -0.25) is 4.79 Å². The van der Waals surface area contributed by atoms with Gasteiger partial charge in [-0.2, -0.15) is 0 Å². The number of hydrogen-bond donors (Lipinski definition) is 1. The van der Waals surface area contributed by atoms with E-state index in [4.69, 9.17) is 0 Å². The lowest BCUT2D eigenvalue weighted by atomic mass is 10.1. The summed E-state index contributed by atoms with van der Waals surface area (Å²) in [6.07, 6.45) is 4.52. The van der Waals surface area contributed by atoms with Crippen LogP contribution in [0.15, 0.2) is 35.1 Å². The zero-order valence-electron chi connectivity index (χ0n) is 10.7. The molecule has 0 aliphatic rings. The molecule has 0 atom stereocenters. The van der Waals surface area contributed by atoms with E-state index in [1.165, 1.54) is 18.9 Å². The van der Waals surface area contributed by atoms with Crippen LogP contribution in [0.2, 0.25) is 0 Å². The fourth-order valence-electron chi connectivity index (χ4n) is 2.24. The van der Waals surface area contributed by atoms with Crippen molar-refractivity contribution >= 4 is 10.9 Å². The Morgan fingerprint density at radius 2 is 1.94 bits per heavy atom. The number of aromatic hydroxyl groups is 1. The largest absolute Gasteiger partial charge is 0.507 e. The van der Waals surface area contributed by atoms with Crippen LogP contribution in [0.4, 0.5) is 0 Å². The summed E-state index contributed by atoms with van der Waals surface area (Å²) in [5.74, 6) is 0.0698. The van der Waals surface area contributed by atoms with E-state index in [2.05, 4.69) is 6.92 Å². The minimum Gasteiger partial charge on any atom is -0.507 e. The highest BCUT2D eigenvalue weighted by atomic mass is 16.3. The Morgan fingerprint density at radius 3 is 2.72 bits per heavy atom. The van der Waals surface area contributed by atoms with E-state index in [9.17, 15) is 9.90 Å². The summed E-state index contributed by atoms with van der Waals surface area (Å²) < 4.78 is 1.75. The predicted octanol–water partition coefficient (Wildman–Crippen LogP) is 3.29. The van der Waals surface area contributed by atoms with Gasteiger partial charge in [-0.05, 0) is 18.6 Å². The number of para-hydroxylation sites is 1. The Morgan fingerprint density at radius 1 is 1.17 bits per heavy atom. The van der Waals surface area contributed by atoms with Crippen molar-refractivity contribution in [3.05, 3.63) is 40.7 Å². The van der Waals surface area contributed by atoms with Crippen molar-refractivity contribution in [3.8, 4) is 5.75 Å². The van der Waals surface area contributed by atoms with Crippen molar-refractivity contribution in [3.63, 3.8) is 0 Å². The first kappa shape index (κ1) is 12.7. The second-order valence-corrected chi connectivity index (χ2v) is 4.60. The Balaban J connectivity index is 2.34. The molecule has 0 amide bonds. The Kier molecular flexibility index (Phi) is 4.03. The van der Waals surface area contributed by atoms with E-state index in [1.54, 1.807) is 4.57 Å². The SMILES string of the molecule is CCCCCCn1c(=O)cc(O)c2ccccc21. The summed E-state index contributed by atoms with van der Waals surface area (Å²) in [5, 5.41) is 10.5. The zero-order valence-corrected chi connectivity index (χ0v) is 10.7. The summed E-state index contributed by atoms with van der Waals surface area (Å²) in [5.41, 5.74) is 0.696. The molecule has 0 aliphatic carbocycles. The molecule has 3 heteroatoms. The van der Waals surface area contributed by atoms with E-state index in [-0.39, 0.29) is 11.3 Å². The summed E-state index contributed by atoms with van der Waals surface area (Å²) in [7, 11) is 0. The lowest BCUT2D eigenvalue weighted by Crippen LogP contribution is -2.19. The van der Waals surface area contributed by atoms with E-state index in [0.29, 0.717) is 0 Å². The van der Waals surface area contributed by atoms with Gasteiger partial charge >= 0.3 is 0 Å². The molecule has 0 spiro atoms. The predicted molar refractivity (Wildman–Crippen MR) is 74.0 cm³/mol. The van der Waals surface area contributed by atoms with Gasteiger partial charge in [-0.25, -0.2) is 0 Å². The first-order valence-corrected chi connectivity index (χ1v) is 6.55. The molecule has 0 unspecified atom stereocenters. The van der Waals surface area contributed by atoms with E-state index >= 15 is 0 Å². The molecule has 1 aromatic heterocycles. The number of aryl methyl sites for hydroxylation is 1. The molecule has 0 saturated heterocycles. The van der Waals surface area contributed by atoms with E-state index < -0.39 is 0 Å². The average Bonchev–Trinajstić information content (AvgIpc) is 2.38. The van der Waals surface area contributed by atoms with Crippen molar-refractivity contribution in [1.29, 1.82) is 0 Å². The molecule has 1 heterocycles. The van der Waals surface area contributed by atoms with Gasteiger partial charge in [0.25, 0.3) is 5.56 Å². The minimum absolute atomic E-state index is 0.0698. The van der Waals surface area contributed by atoms with E-state index in [0.717, 1.165) is 30.3 Å². The van der Waals surface area contributed by atoms with Gasteiger partial charge in [0.05, 0.1) is 5.52 Å². The number of aromatic nitrogens is 1. The van der Waals surface area contributed by atoms with Crippen molar-refractivity contribution in [2.75, 3.05) is 0 Å². The van der Waals surface area contributed by atoms with Crippen molar-refractivity contribution in [2.45, 2.75) is 39.2 Å². The van der Waals surface area contributed by atoms with Crippen LogP contribution in [0.25, 0.3) is 10.9 Å². The molecule has 1 N–H and O–H groups in total. The van der Waals surface area contributed by atoms with Gasteiger partial charge in [0, 0.05) is 18.0 Å². The number of rotatable bonds is 5. The fraction of sp³-hybridized carbons (Fsp3) is 0.400. The maximum Gasteiger partial charge on any atom is 0.254 e. The molecule has 2 rings (SSSR count). The van der Waals surface area contributed by atoms with Crippen LogP contribution in [-0.2, 0) is 6.54 Å². The van der Waals surface area contributed by atoms with Crippen LogP contribution in [0.3, 0.4) is 0 Å². The first-order chi connectivity index (χ1) is 8.74. The van der Waals surface area contributed by atoms with Gasteiger partial charge in [-0.15, -0.1) is 0 Å². The first-order valence-electron chi connectivity index (χ1n) is 6.55. The molecule has 2 aromatic rings. The highest BCUT2D eigenvalue weighted by Crippen LogP contribution is 2.22. The molecule has 0 saturated carbocycles. The molecule has 0 aliphatic heterocycles. The Labute approximate surface area is 107 Å². The minimum atomic E-state index is -0.123. The van der Waals surface area contributed by atoms with Gasteiger partial charge in [-0.1, -0.05) is 38.3 Å². The second kappa shape index (κ2) is 5.71. The third-order valence-corrected chi connectivity index (χ3v) is 3.23. The lowest BCUT2D eigenvalue weighted by molar-refractivity contribution is 0.477. The van der Waals surface area contributed by atoms with Gasteiger partial charge < -0.3 is 9.67 Å². The van der Waals surface area contributed by atoms with Crippen molar-refractivity contribution < 1.29 is 5.11 Å². The molecule has 18 heavy (non-hydrogen) atoms. The lowest BCUT2D eigenvalue weighted by Gasteiger charge is -2.10. The topological polar surface area (TPSA) is 42.2 Å². The molecule has 0 bridgehead atoms. The summed E-state index contributed by atoms with van der Waals surface area (Å²) in [6, 6.07) is 8.79. The zero-order chi connectivity index (χ0) is 13.0. The van der Waals surface area contributed by atoms with Gasteiger partial charge in [0.15, 0.2) is 0 Å². The molecule has 0 fully saturated rings. The number of unbranched alkanes of at least 4 members (excludes halogenated alkanes) is 3. The van der Waals surface area contributed by atoms with Crippen LogP contribution in [0.1, 0.15) is 32.6 Å². The number of nitrogens with zero attached hydrogens (tertiary/aromatic N) is 1. The molecule has 0 radical (unpaired) electrons. The molecule has 96 valence electrons. The molecular formula is C15H19NO2. The van der Waals surface area contributed by atoms with Crippen LogP contribution in [0.5, 0.6) is 5.75 Å². The third-order valence-electron chi connectivity index (χ3n) is 3.23. The van der Waals surface area contributed by atoms with Crippen molar-refractivity contribution in [2.24, 2.45) is 0 Å². The number of fused-ring (bicyclic) bond motifs is 1. The van der Waals surface area contributed by atoms with Crippen LogP contribution in [-0.4, -0.2) is 9.67 Å². The highest BCUT2D eigenvalue weighted by Gasteiger charge is 2.06. The quantitative estimate of drug-likeness (QED) is 0.821. The molecular weight excluding hydrogens is 226 g/mol. The summed E-state index contributed by atoms with van der Waals surface area (Å²) in [6.45, 7) is 2.89. The smallest absolute Gasteiger partial charge is 0.254 e. The fourth-order valence-corrected chi connectivity index (χ4v) is 2.24. The highest BCUT2D eigenvalue weighted by molar-refractivity contribution is 5.84. The number of hydrogen-bond acceptors (Lipinski definition) is 2. The van der Waals surface area contributed by atoms with E-state index in [1.807, 2.05) is 24.3 Å². The molecule has 1 aromatic carbocycles. The Hall–Kier alpha value is -1.77. The van der Waals surface area contributed by atoms with Crippen LogP contribution >= 0.6 is 0 Å². The normalized spacial score (nSPS) is 10.9. The van der Waals surface area contributed by atoms with Crippen LogP contribution in [0, 0.1) is 0 Å². The summed E-state index contributed by atoms with van der Waals surface area (Å²) >= 11 is 0. The standard InChI is InChI=1S/C15H19NO2/c1-2-3-4-7-10-16-13-9-6-5-8-12(13)14(17)11-15(16)18/h5-6,8-9,11,17H,2-4,7,10H2,1H3. The maximum atomic E-state index is 11.9. The van der Waals surface area contributed by atoms with Crippen molar-refractivity contribution in [1.82, 2.24) is 4.57 Å². The number of benzene rings is 1. The summed E-state index contributed by atoms with van der Waals surface area (Å²) in [4.78, 5) is 11.9.